The van der Waals surface area contributed by atoms with Crippen molar-refractivity contribution in [1.29, 1.82) is 0 Å². The van der Waals surface area contributed by atoms with Crippen molar-refractivity contribution in [2.75, 3.05) is 24.5 Å². The third-order valence-corrected chi connectivity index (χ3v) is 5.28. The van der Waals surface area contributed by atoms with Crippen LogP contribution in [-0.2, 0) is 4.79 Å². The monoisotopic (exact) mass is 364 g/mol. The van der Waals surface area contributed by atoms with Crippen LogP contribution < -0.4 is 4.90 Å². The molecule has 4 heteroatoms. The van der Waals surface area contributed by atoms with E-state index in [1.54, 1.807) is 0 Å². The highest BCUT2D eigenvalue weighted by atomic mass is 16.2. The molecule has 0 N–H and O–H groups in total. The lowest BCUT2D eigenvalue weighted by molar-refractivity contribution is -0.119. The van der Waals surface area contributed by atoms with Crippen molar-refractivity contribution in [3.8, 4) is 0 Å². The average Bonchev–Trinajstić information content (AvgIpc) is 2.74. The van der Waals surface area contributed by atoms with Crippen LogP contribution in [0.1, 0.15) is 43.0 Å². The summed E-state index contributed by atoms with van der Waals surface area (Å²) in [5, 5.41) is 0. The van der Waals surface area contributed by atoms with Gasteiger partial charge in [0.15, 0.2) is 5.78 Å². The maximum atomic E-state index is 12.5. The Bertz CT molecular complexity index is 737. The number of nitrogens with zero attached hydrogens (tertiary/aromatic N) is 2. The van der Waals surface area contributed by atoms with Crippen molar-refractivity contribution < 1.29 is 9.59 Å². The lowest BCUT2D eigenvalue weighted by Crippen LogP contribution is -2.47. The van der Waals surface area contributed by atoms with Crippen LogP contribution in [0.25, 0.3) is 0 Å². The van der Waals surface area contributed by atoms with E-state index in [9.17, 15) is 9.59 Å². The van der Waals surface area contributed by atoms with Crippen molar-refractivity contribution >= 4 is 17.4 Å². The molecule has 0 saturated carbocycles. The molecule has 0 spiro atoms. The zero-order valence-corrected chi connectivity index (χ0v) is 16.0. The van der Waals surface area contributed by atoms with Crippen molar-refractivity contribution in [2.45, 2.75) is 38.6 Å². The second kappa shape index (κ2) is 9.47. The number of Topliss-reactive ketones (excluding diaryl/α,β-unsaturated/α-hetero) is 1. The Morgan fingerprint density at radius 2 is 1.56 bits per heavy atom. The van der Waals surface area contributed by atoms with E-state index < -0.39 is 0 Å². The number of ketones is 1. The molecule has 2 aromatic carbocycles. The molecule has 0 aromatic heterocycles. The van der Waals surface area contributed by atoms with Crippen LogP contribution in [0.5, 0.6) is 0 Å². The first-order valence-corrected chi connectivity index (χ1v) is 9.86. The minimum atomic E-state index is 0.180. The van der Waals surface area contributed by atoms with Gasteiger partial charge in [0.05, 0.1) is 0 Å². The van der Waals surface area contributed by atoms with Crippen LogP contribution >= 0.6 is 0 Å². The SMILES string of the molecule is CCC(=O)N(c1ccccc1)C1CCN(CCC(=O)c2ccccc2)CC1. The highest BCUT2D eigenvalue weighted by Crippen LogP contribution is 2.24. The van der Waals surface area contributed by atoms with Gasteiger partial charge in [-0.25, -0.2) is 0 Å². The fraction of sp³-hybridized carbons (Fsp3) is 0.391. The van der Waals surface area contributed by atoms with E-state index in [1.165, 1.54) is 0 Å². The van der Waals surface area contributed by atoms with Gasteiger partial charge in [-0.05, 0) is 25.0 Å². The summed E-state index contributed by atoms with van der Waals surface area (Å²) in [6.07, 6.45) is 2.95. The van der Waals surface area contributed by atoms with E-state index in [0.717, 1.165) is 43.7 Å². The Kier molecular flexibility index (Phi) is 6.77. The van der Waals surface area contributed by atoms with E-state index in [2.05, 4.69) is 4.90 Å². The lowest BCUT2D eigenvalue weighted by atomic mass is 10.0. The second-order valence-electron chi connectivity index (χ2n) is 7.06. The molecule has 0 unspecified atom stereocenters. The van der Waals surface area contributed by atoms with Gasteiger partial charge >= 0.3 is 0 Å². The zero-order valence-electron chi connectivity index (χ0n) is 16.0. The molecule has 1 amide bonds. The number of para-hydroxylation sites is 1. The largest absolute Gasteiger partial charge is 0.309 e. The highest BCUT2D eigenvalue weighted by Gasteiger charge is 2.28. The molecule has 0 radical (unpaired) electrons. The predicted octanol–water partition coefficient (Wildman–Crippen LogP) is 4.17. The fourth-order valence-corrected chi connectivity index (χ4v) is 3.75. The van der Waals surface area contributed by atoms with Crippen LogP contribution in [0.15, 0.2) is 60.7 Å². The van der Waals surface area contributed by atoms with Gasteiger partial charge in [0.2, 0.25) is 5.91 Å². The van der Waals surface area contributed by atoms with E-state index in [1.807, 2.05) is 72.5 Å². The Labute approximate surface area is 161 Å². The number of likely N-dealkylation sites (tertiary alicyclic amines) is 1. The van der Waals surface area contributed by atoms with Gasteiger partial charge in [-0.3, -0.25) is 9.59 Å². The number of benzene rings is 2. The summed E-state index contributed by atoms with van der Waals surface area (Å²) in [6.45, 7) is 4.55. The topological polar surface area (TPSA) is 40.6 Å². The maximum absolute atomic E-state index is 12.5. The number of hydrogen-bond acceptors (Lipinski definition) is 3. The van der Waals surface area contributed by atoms with Gasteiger partial charge in [-0.2, -0.15) is 0 Å². The van der Waals surface area contributed by atoms with Crippen LogP contribution in [0.3, 0.4) is 0 Å². The molecule has 0 aliphatic carbocycles. The number of carbonyl (C=O) groups is 2. The minimum Gasteiger partial charge on any atom is -0.309 e. The highest BCUT2D eigenvalue weighted by molar-refractivity contribution is 5.96. The van der Waals surface area contributed by atoms with Crippen molar-refractivity contribution in [3.05, 3.63) is 66.2 Å². The van der Waals surface area contributed by atoms with Crippen LogP contribution in [0, 0.1) is 0 Å². The molecule has 27 heavy (non-hydrogen) atoms. The van der Waals surface area contributed by atoms with Crippen molar-refractivity contribution in [1.82, 2.24) is 4.90 Å². The Hall–Kier alpha value is -2.46. The summed E-state index contributed by atoms with van der Waals surface area (Å²) < 4.78 is 0. The smallest absolute Gasteiger partial charge is 0.226 e. The molecule has 3 rings (SSSR count). The quantitative estimate of drug-likeness (QED) is 0.693. The third kappa shape index (κ3) is 5.04. The first-order chi connectivity index (χ1) is 13.2. The summed E-state index contributed by atoms with van der Waals surface area (Å²) in [6, 6.07) is 19.7. The summed E-state index contributed by atoms with van der Waals surface area (Å²) >= 11 is 0. The molecule has 1 heterocycles. The number of hydrogen-bond donors (Lipinski definition) is 0. The van der Waals surface area contributed by atoms with E-state index in [0.29, 0.717) is 12.8 Å². The molecule has 0 bridgehead atoms. The van der Waals surface area contributed by atoms with Crippen LogP contribution in [0.4, 0.5) is 5.69 Å². The van der Waals surface area contributed by atoms with E-state index >= 15 is 0 Å². The number of carbonyl (C=O) groups excluding carboxylic acids is 2. The Balaban J connectivity index is 1.54. The molecule has 4 nitrogen and oxygen atoms in total. The molecule has 0 atom stereocenters. The van der Waals surface area contributed by atoms with Gasteiger partial charge in [0.25, 0.3) is 0 Å². The summed E-state index contributed by atoms with van der Waals surface area (Å²) in [5.74, 6) is 0.378. The summed E-state index contributed by atoms with van der Waals surface area (Å²) in [5.41, 5.74) is 1.78. The average molecular weight is 364 g/mol. The summed E-state index contributed by atoms with van der Waals surface area (Å²) in [4.78, 5) is 29.1. The van der Waals surface area contributed by atoms with Crippen molar-refractivity contribution in [3.63, 3.8) is 0 Å². The number of piperidine rings is 1. The standard InChI is InChI=1S/C23H28N2O2/c1-2-23(27)25(20-11-7-4-8-12-20)21-13-16-24(17-14-21)18-15-22(26)19-9-5-3-6-10-19/h3-12,21H,2,13-18H2,1H3. The van der Waals surface area contributed by atoms with E-state index in [-0.39, 0.29) is 17.7 Å². The molecule has 2 aromatic rings. The Morgan fingerprint density at radius 3 is 2.15 bits per heavy atom. The number of amides is 1. The van der Waals surface area contributed by atoms with Crippen molar-refractivity contribution in [2.24, 2.45) is 0 Å². The molecule has 142 valence electrons. The van der Waals surface area contributed by atoms with Crippen LogP contribution in [-0.4, -0.2) is 42.3 Å². The molecule has 1 aliphatic heterocycles. The van der Waals surface area contributed by atoms with Gasteiger partial charge in [-0.1, -0.05) is 55.5 Å². The molecule has 1 aliphatic rings. The Morgan fingerprint density at radius 1 is 0.963 bits per heavy atom. The van der Waals surface area contributed by atoms with Gasteiger partial charge in [0, 0.05) is 49.8 Å². The fourth-order valence-electron chi connectivity index (χ4n) is 3.75. The lowest BCUT2D eigenvalue weighted by Gasteiger charge is -2.38. The number of anilines is 1. The number of rotatable bonds is 7. The molecular weight excluding hydrogens is 336 g/mol. The molecule has 1 fully saturated rings. The van der Waals surface area contributed by atoms with Gasteiger partial charge < -0.3 is 9.80 Å². The third-order valence-electron chi connectivity index (χ3n) is 5.28. The maximum Gasteiger partial charge on any atom is 0.226 e. The predicted molar refractivity (Wildman–Crippen MR) is 109 cm³/mol. The van der Waals surface area contributed by atoms with Crippen LogP contribution in [0.2, 0.25) is 0 Å². The first-order valence-electron chi connectivity index (χ1n) is 9.86. The zero-order chi connectivity index (χ0) is 19.1. The minimum absolute atomic E-state index is 0.180. The van der Waals surface area contributed by atoms with E-state index in [4.69, 9.17) is 0 Å². The first kappa shape index (κ1) is 19.3. The normalized spacial score (nSPS) is 15.4. The van der Waals surface area contributed by atoms with Gasteiger partial charge in [-0.15, -0.1) is 0 Å². The summed E-state index contributed by atoms with van der Waals surface area (Å²) in [7, 11) is 0. The molecule has 1 saturated heterocycles. The van der Waals surface area contributed by atoms with Gasteiger partial charge in [0.1, 0.15) is 0 Å². The molecular formula is C23H28N2O2. The second-order valence-corrected chi connectivity index (χ2v) is 7.06.